The molecule has 8 heteroatoms. The Labute approximate surface area is 142 Å². The number of hydrogen-bond acceptors (Lipinski definition) is 4. The molecule has 0 saturated heterocycles. The zero-order valence-electron chi connectivity index (χ0n) is 13.4. The summed E-state index contributed by atoms with van der Waals surface area (Å²) in [7, 11) is 1.66. The third-order valence-corrected chi connectivity index (χ3v) is 4.40. The van der Waals surface area contributed by atoms with E-state index in [4.69, 9.17) is 0 Å². The number of aryl methyl sites for hydroxylation is 1. The van der Waals surface area contributed by atoms with E-state index in [0.29, 0.717) is 13.1 Å². The Bertz CT molecular complexity index is 741. The third kappa shape index (κ3) is 4.89. The summed E-state index contributed by atoms with van der Waals surface area (Å²) < 4.78 is 30.0. The zero-order valence-corrected chi connectivity index (χ0v) is 14.2. The maximum Gasteiger partial charge on any atom is 0.387 e. The Morgan fingerprint density at radius 2 is 2.00 bits per heavy atom. The first-order valence-corrected chi connectivity index (χ1v) is 8.17. The predicted molar refractivity (Wildman–Crippen MR) is 87.5 cm³/mol. The lowest BCUT2D eigenvalue weighted by Gasteiger charge is -2.18. The van der Waals surface area contributed by atoms with Crippen LogP contribution in [0.15, 0.2) is 34.4 Å². The molecule has 24 heavy (non-hydrogen) atoms. The normalized spacial score (nSPS) is 10.9. The monoisotopic (exact) mass is 356 g/mol. The molecule has 0 aliphatic rings. The van der Waals surface area contributed by atoms with E-state index in [1.54, 1.807) is 29.1 Å². The van der Waals surface area contributed by atoms with Crippen molar-refractivity contribution in [3.63, 3.8) is 0 Å². The number of carbonyl (C=O) groups excluding carboxylic acids is 1. The van der Waals surface area contributed by atoms with Crippen molar-refractivity contribution in [3.05, 3.63) is 50.6 Å². The van der Waals surface area contributed by atoms with Crippen LogP contribution < -0.4 is 9.61 Å². The van der Waals surface area contributed by atoms with Crippen molar-refractivity contribution in [2.45, 2.75) is 33.0 Å². The molecule has 0 fully saturated rings. The highest BCUT2D eigenvalue weighted by Crippen LogP contribution is 2.16. The molecule has 0 spiro atoms. The molecule has 130 valence electrons. The highest BCUT2D eigenvalue weighted by molar-refractivity contribution is 7.07. The lowest BCUT2D eigenvalue weighted by molar-refractivity contribution is -0.130. The van der Waals surface area contributed by atoms with Gasteiger partial charge >= 0.3 is 11.5 Å². The predicted octanol–water partition coefficient (Wildman–Crippen LogP) is 2.87. The number of rotatable bonds is 7. The number of alkyl halides is 2. The van der Waals surface area contributed by atoms with Crippen LogP contribution in [0.25, 0.3) is 0 Å². The van der Waals surface area contributed by atoms with Gasteiger partial charge < -0.3 is 14.2 Å². The van der Waals surface area contributed by atoms with Gasteiger partial charge in [-0.1, -0.05) is 23.5 Å². The zero-order chi connectivity index (χ0) is 17.7. The molecule has 0 aliphatic heterocycles. The summed E-state index contributed by atoms with van der Waals surface area (Å²) in [6.07, 6.45) is 0.223. The van der Waals surface area contributed by atoms with Crippen LogP contribution in [0.4, 0.5) is 8.78 Å². The fourth-order valence-electron chi connectivity index (χ4n) is 2.21. The van der Waals surface area contributed by atoms with Crippen LogP contribution in [-0.4, -0.2) is 29.0 Å². The highest BCUT2D eigenvalue weighted by Gasteiger charge is 2.12. The molecular weight excluding hydrogens is 338 g/mol. The molecule has 1 aromatic heterocycles. The number of halogens is 2. The number of aromatic nitrogens is 1. The number of nitrogens with zero attached hydrogens (tertiary/aromatic N) is 2. The Balaban J connectivity index is 1.88. The summed E-state index contributed by atoms with van der Waals surface area (Å²) in [5.41, 5.74) is 1.64. The van der Waals surface area contributed by atoms with Crippen LogP contribution in [0.2, 0.25) is 0 Å². The van der Waals surface area contributed by atoms with Crippen LogP contribution in [0.1, 0.15) is 17.7 Å². The van der Waals surface area contributed by atoms with Crippen molar-refractivity contribution >= 4 is 17.2 Å². The Hall–Kier alpha value is -2.22. The average molecular weight is 356 g/mol. The molecule has 0 saturated carbocycles. The van der Waals surface area contributed by atoms with Crippen molar-refractivity contribution in [2.75, 3.05) is 7.05 Å². The molecule has 0 N–H and O–H groups in total. The van der Waals surface area contributed by atoms with Crippen molar-refractivity contribution in [3.8, 4) is 5.75 Å². The summed E-state index contributed by atoms with van der Waals surface area (Å²) in [5.74, 6) is -0.0181. The Kier molecular flexibility index (Phi) is 6.08. The van der Waals surface area contributed by atoms with E-state index in [1.165, 1.54) is 17.0 Å². The van der Waals surface area contributed by atoms with Gasteiger partial charge in [0.05, 0.1) is 0 Å². The van der Waals surface area contributed by atoms with E-state index < -0.39 is 6.61 Å². The minimum absolute atomic E-state index is 0.0717. The van der Waals surface area contributed by atoms with E-state index in [0.717, 1.165) is 22.6 Å². The highest BCUT2D eigenvalue weighted by atomic mass is 32.1. The molecule has 0 aliphatic carbocycles. The fourth-order valence-corrected chi connectivity index (χ4v) is 2.97. The van der Waals surface area contributed by atoms with Gasteiger partial charge in [-0.3, -0.25) is 9.59 Å². The van der Waals surface area contributed by atoms with Crippen molar-refractivity contribution in [1.29, 1.82) is 0 Å². The lowest BCUT2D eigenvalue weighted by atomic mass is 10.2. The van der Waals surface area contributed by atoms with Crippen molar-refractivity contribution < 1.29 is 18.3 Å². The van der Waals surface area contributed by atoms with Crippen LogP contribution in [0.3, 0.4) is 0 Å². The summed E-state index contributed by atoms with van der Waals surface area (Å²) in [4.78, 5) is 25.2. The Morgan fingerprint density at radius 3 is 2.54 bits per heavy atom. The van der Waals surface area contributed by atoms with Gasteiger partial charge in [0.25, 0.3) is 0 Å². The molecule has 5 nitrogen and oxygen atoms in total. The molecule has 0 radical (unpaired) electrons. The minimum atomic E-state index is -2.86. The second-order valence-corrected chi connectivity index (χ2v) is 6.14. The second kappa shape index (κ2) is 8.05. The molecule has 0 bridgehead atoms. The molecule has 2 rings (SSSR count). The number of benzene rings is 1. The van der Waals surface area contributed by atoms with Gasteiger partial charge in [-0.2, -0.15) is 8.78 Å². The fraction of sp³-hybridized carbons (Fsp3) is 0.375. The van der Waals surface area contributed by atoms with Crippen LogP contribution in [0.5, 0.6) is 5.75 Å². The molecule has 2 aromatic rings. The first kappa shape index (κ1) is 18.1. The molecule has 0 unspecified atom stereocenters. The molecule has 1 heterocycles. The smallest absolute Gasteiger partial charge is 0.387 e. The number of thiazole rings is 1. The molecular formula is C16H18F2N2O3S. The van der Waals surface area contributed by atoms with Gasteiger partial charge in [-0.15, -0.1) is 0 Å². The number of amides is 1. The van der Waals surface area contributed by atoms with Gasteiger partial charge in [-0.25, -0.2) is 0 Å². The SMILES string of the molecule is Cc1csc(=O)n1CCC(=O)N(C)Cc1ccc(OC(F)F)cc1. The molecule has 1 amide bonds. The van der Waals surface area contributed by atoms with E-state index in [2.05, 4.69) is 4.74 Å². The lowest BCUT2D eigenvalue weighted by Crippen LogP contribution is -2.28. The maximum absolute atomic E-state index is 12.2. The van der Waals surface area contributed by atoms with Gasteiger partial charge in [0.15, 0.2) is 0 Å². The molecule has 1 aromatic carbocycles. The number of hydrogen-bond donors (Lipinski definition) is 0. The first-order chi connectivity index (χ1) is 11.4. The maximum atomic E-state index is 12.2. The average Bonchev–Trinajstić information content (AvgIpc) is 2.85. The summed E-state index contributed by atoms with van der Waals surface area (Å²) in [6.45, 7) is -0.331. The van der Waals surface area contributed by atoms with Gasteiger partial charge in [0.2, 0.25) is 5.91 Å². The minimum Gasteiger partial charge on any atom is -0.435 e. The van der Waals surface area contributed by atoms with Gasteiger partial charge in [-0.05, 0) is 24.6 Å². The largest absolute Gasteiger partial charge is 0.435 e. The standard InChI is InChI=1S/C16H18F2N2O3S/c1-11-10-24-16(22)20(11)8-7-14(21)19(2)9-12-3-5-13(6-4-12)23-15(17)18/h3-6,10,15H,7-9H2,1-2H3. The number of carbonyl (C=O) groups is 1. The van der Waals surface area contributed by atoms with E-state index in [-0.39, 0.29) is 23.0 Å². The van der Waals surface area contributed by atoms with Crippen molar-refractivity contribution in [1.82, 2.24) is 9.47 Å². The second-order valence-electron chi connectivity index (χ2n) is 5.32. The van der Waals surface area contributed by atoms with E-state index >= 15 is 0 Å². The Morgan fingerprint density at radius 1 is 1.33 bits per heavy atom. The topological polar surface area (TPSA) is 51.5 Å². The van der Waals surface area contributed by atoms with E-state index in [9.17, 15) is 18.4 Å². The summed E-state index contributed by atoms with van der Waals surface area (Å²) >= 11 is 1.12. The van der Waals surface area contributed by atoms with Crippen molar-refractivity contribution in [2.24, 2.45) is 0 Å². The molecule has 0 atom stereocenters. The van der Waals surface area contributed by atoms with Gasteiger partial charge in [0, 0.05) is 37.6 Å². The quantitative estimate of drug-likeness (QED) is 0.767. The van der Waals surface area contributed by atoms with Crippen LogP contribution in [0, 0.1) is 6.92 Å². The van der Waals surface area contributed by atoms with Crippen LogP contribution in [-0.2, 0) is 17.9 Å². The van der Waals surface area contributed by atoms with Gasteiger partial charge in [0.1, 0.15) is 5.75 Å². The first-order valence-electron chi connectivity index (χ1n) is 7.29. The summed E-state index contributed by atoms with van der Waals surface area (Å²) in [5, 5.41) is 1.76. The third-order valence-electron chi connectivity index (χ3n) is 3.52. The van der Waals surface area contributed by atoms with E-state index in [1.807, 2.05) is 6.92 Å². The van der Waals surface area contributed by atoms with Crippen LogP contribution >= 0.6 is 11.3 Å². The number of ether oxygens (including phenoxy) is 1. The summed E-state index contributed by atoms with van der Waals surface area (Å²) in [6, 6.07) is 6.15.